The van der Waals surface area contributed by atoms with Gasteiger partial charge in [-0.3, -0.25) is 4.79 Å². The topological polar surface area (TPSA) is 29.1 Å². The van der Waals surface area contributed by atoms with E-state index in [9.17, 15) is 4.79 Å². The molecule has 3 aromatic rings. The second kappa shape index (κ2) is 8.74. The summed E-state index contributed by atoms with van der Waals surface area (Å²) in [4.78, 5) is 11.8. The van der Waals surface area contributed by atoms with Crippen molar-refractivity contribution in [1.82, 2.24) is 5.32 Å². The number of hydrogen-bond donors (Lipinski definition) is 1. The molecule has 0 saturated heterocycles. The number of nitrogens with one attached hydrogen (secondary N) is 1. The smallest absolute Gasteiger partial charge is 0.243 e. The summed E-state index contributed by atoms with van der Waals surface area (Å²) in [6, 6.07) is 17.2. The standard InChI is InChI=1S/C25H26BrNO/c1-25(2,3)17-27-24(28)12-6-4-5-9-18-13-14-19-16-23(26)21-11-8-7-10-20(21)22(19)15-18/h4-8,10-16H,9,17H2,1-3H3,(H,27,28)/b5-4+,12-6+. The summed E-state index contributed by atoms with van der Waals surface area (Å²) >= 11 is 3.68. The van der Waals surface area contributed by atoms with Gasteiger partial charge in [-0.1, -0.05) is 97.4 Å². The molecule has 0 aliphatic carbocycles. The van der Waals surface area contributed by atoms with Gasteiger partial charge in [-0.2, -0.15) is 0 Å². The zero-order valence-corrected chi connectivity index (χ0v) is 18.2. The van der Waals surface area contributed by atoms with Crippen LogP contribution in [0.4, 0.5) is 0 Å². The molecule has 3 heteroatoms. The van der Waals surface area contributed by atoms with Crippen molar-refractivity contribution in [2.75, 3.05) is 6.54 Å². The number of allylic oxidation sites excluding steroid dienone is 3. The highest BCUT2D eigenvalue weighted by molar-refractivity contribution is 9.10. The Bertz CT molecular complexity index is 1060. The molecule has 144 valence electrons. The summed E-state index contributed by atoms with van der Waals surface area (Å²) in [7, 11) is 0. The van der Waals surface area contributed by atoms with E-state index in [1.807, 2.05) is 6.08 Å². The van der Waals surface area contributed by atoms with Crippen LogP contribution in [0.2, 0.25) is 0 Å². The first-order valence-corrected chi connectivity index (χ1v) is 10.3. The Morgan fingerprint density at radius 2 is 1.75 bits per heavy atom. The van der Waals surface area contributed by atoms with Gasteiger partial charge in [-0.05, 0) is 45.0 Å². The van der Waals surface area contributed by atoms with E-state index in [1.54, 1.807) is 12.2 Å². The van der Waals surface area contributed by atoms with Gasteiger partial charge < -0.3 is 5.32 Å². The molecule has 1 amide bonds. The quantitative estimate of drug-likeness (QED) is 0.274. The predicted molar refractivity (Wildman–Crippen MR) is 124 cm³/mol. The minimum Gasteiger partial charge on any atom is -0.352 e. The van der Waals surface area contributed by atoms with Crippen molar-refractivity contribution in [2.45, 2.75) is 27.2 Å². The first-order valence-electron chi connectivity index (χ1n) is 9.54. The average molecular weight is 436 g/mol. The van der Waals surface area contributed by atoms with Gasteiger partial charge in [0, 0.05) is 17.1 Å². The molecule has 0 spiro atoms. The molecule has 0 aliphatic heterocycles. The molecule has 3 rings (SSSR count). The summed E-state index contributed by atoms with van der Waals surface area (Å²) in [5.74, 6) is -0.0534. The van der Waals surface area contributed by atoms with Crippen LogP contribution in [-0.2, 0) is 11.2 Å². The van der Waals surface area contributed by atoms with Crippen LogP contribution in [0.15, 0.2) is 77.3 Å². The number of carbonyl (C=O) groups is 1. The average Bonchev–Trinajstić information content (AvgIpc) is 2.66. The summed E-state index contributed by atoms with van der Waals surface area (Å²) in [5, 5.41) is 7.89. The molecule has 0 saturated carbocycles. The molecular formula is C25H26BrNO. The lowest BCUT2D eigenvalue weighted by atomic mass is 9.97. The molecule has 0 heterocycles. The van der Waals surface area contributed by atoms with Crippen molar-refractivity contribution in [2.24, 2.45) is 5.41 Å². The maximum Gasteiger partial charge on any atom is 0.243 e. The Hall–Kier alpha value is -2.39. The highest BCUT2D eigenvalue weighted by Crippen LogP contribution is 2.32. The first-order chi connectivity index (χ1) is 13.3. The number of carbonyl (C=O) groups excluding carboxylic acids is 1. The Balaban J connectivity index is 1.69. The number of fused-ring (bicyclic) bond motifs is 3. The second-order valence-electron chi connectivity index (χ2n) is 8.23. The van der Waals surface area contributed by atoms with Gasteiger partial charge in [-0.25, -0.2) is 0 Å². The van der Waals surface area contributed by atoms with Crippen LogP contribution in [0, 0.1) is 5.41 Å². The summed E-state index contributed by atoms with van der Waals surface area (Å²) in [6.07, 6.45) is 8.21. The van der Waals surface area contributed by atoms with Crippen molar-refractivity contribution in [3.63, 3.8) is 0 Å². The lowest BCUT2D eigenvalue weighted by Gasteiger charge is -2.17. The maximum absolute atomic E-state index is 11.8. The van der Waals surface area contributed by atoms with Gasteiger partial charge in [-0.15, -0.1) is 0 Å². The van der Waals surface area contributed by atoms with E-state index in [2.05, 4.69) is 96.6 Å². The summed E-state index contributed by atoms with van der Waals surface area (Å²) in [5.41, 5.74) is 1.34. The minimum absolute atomic E-state index is 0.0534. The van der Waals surface area contributed by atoms with Gasteiger partial charge in [0.2, 0.25) is 5.91 Å². The molecule has 0 radical (unpaired) electrons. The zero-order valence-electron chi connectivity index (χ0n) is 16.6. The summed E-state index contributed by atoms with van der Waals surface area (Å²) in [6.45, 7) is 6.97. The molecule has 0 atom stereocenters. The maximum atomic E-state index is 11.8. The SMILES string of the molecule is CC(C)(C)CNC(=O)/C=C/C=C/Cc1ccc2cc(Br)c3ccccc3c2c1. The number of hydrogen-bond acceptors (Lipinski definition) is 1. The third-order valence-electron chi connectivity index (χ3n) is 4.52. The lowest BCUT2D eigenvalue weighted by Crippen LogP contribution is -2.30. The van der Waals surface area contributed by atoms with E-state index in [-0.39, 0.29) is 11.3 Å². The van der Waals surface area contributed by atoms with Crippen LogP contribution in [0.25, 0.3) is 21.5 Å². The van der Waals surface area contributed by atoms with Crippen LogP contribution in [0.1, 0.15) is 26.3 Å². The van der Waals surface area contributed by atoms with E-state index in [4.69, 9.17) is 0 Å². The molecular weight excluding hydrogens is 410 g/mol. The number of amides is 1. The summed E-state index contributed by atoms with van der Waals surface area (Å²) < 4.78 is 1.12. The van der Waals surface area contributed by atoms with Crippen molar-refractivity contribution in [3.8, 4) is 0 Å². The van der Waals surface area contributed by atoms with Gasteiger partial charge in [0.15, 0.2) is 0 Å². The number of rotatable bonds is 5. The van der Waals surface area contributed by atoms with E-state index in [1.165, 1.54) is 27.1 Å². The molecule has 2 nitrogen and oxygen atoms in total. The largest absolute Gasteiger partial charge is 0.352 e. The normalized spacial score (nSPS) is 12.4. The third kappa shape index (κ3) is 5.32. The van der Waals surface area contributed by atoms with Crippen LogP contribution >= 0.6 is 15.9 Å². The molecule has 1 N–H and O–H groups in total. The van der Waals surface area contributed by atoms with Crippen LogP contribution < -0.4 is 5.32 Å². The van der Waals surface area contributed by atoms with Crippen LogP contribution in [0.5, 0.6) is 0 Å². The minimum atomic E-state index is -0.0534. The van der Waals surface area contributed by atoms with Gasteiger partial charge in [0.25, 0.3) is 0 Å². The van der Waals surface area contributed by atoms with E-state index >= 15 is 0 Å². The zero-order chi connectivity index (χ0) is 20.1. The third-order valence-corrected chi connectivity index (χ3v) is 5.17. The van der Waals surface area contributed by atoms with Crippen molar-refractivity contribution < 1.29 is 4.79 Å². The van der Waals surface area contributed by atoms with E-state index in [0.29, 0.717) is 6.54 Å². The second-order valence-corrected chi connectivity index (χ2v) is 9.08. The molecule has 0 aromatic heterocycles. The Labute approximate surface area is 175 Å². The molecule has 28 heavy (non-hydrogen) atoms. The number of benzene rings is 3. The van der Waals surface area contributed by atoms with Crippen molar-refractivity contribution >= 4 is 43.4 Å². The lowest BCUT2D eigenvalue weighted by molar-refractivity contribution is -0.116. The van der Waals surface area contributed by atoms with Crippen LogP contribution in [-0.4, -0.2) is 12.5 Å². The Morgan fingerprint density at radius 1 is 1.00 bits per heavy atom. The van der Waals surface area contributed by atoms with Crippen LogP contribution in [0.3, 0.4) is 0 Å². The van der Waals surface area contributed by atoms with E-state index in [0.717, 1.165) is 10.9 Å². The van der Waals surface area contributed by atoms with E-state index < -0.39 is 0 Å². The highest BCUT2D eigenvalue weighted by Gasteiger charge is 2.10. The predicted octanol–water partition coefficient (Wildman–Crippen LogP) is 6.57. The fourth-order valence-electron chi connectivity index (χ4n) is 3.07. The molecule has 0 bridgehead atoms. The monoisotopic (exact) mass is 435 g/mol. The molecule has 0 unspecified atom stereocenters. The Morgan fingerprint density at radius 3 is 2.50 bits per heavy atom. The van der Waals surface area contributed by atoms with Gasteiger partial charge in [0.1, 0.15) is 0 Å². The van der Waals surface area contributed by atoms with Gasteiger partial charge >= 0.3 is 0 Å². The molecule has 0 fully saturated rings. The first kappa shape index (κ1) is 20.3. The molecule has 3 aromatic carbocycles. The fourth-order valence-corrected chi connectivity index (χ4v) is 3.66. The highest BCUT2D eigenvalue weighted by atomic mass is 79.9. The number of halogens is 1. The van der Waals surface area contributed by atoms with Crippen molar-refractivity contribution in [3.05, 3.63) is 82.9 Å². The van der Waals surface area contributed by atoms with Crippen molar-refractivity contribution in [1.29, 1.82) is 0 Å². The molecule has 0 aliphatic rings. The Kier molecular flexibility index (Phi) is 6.35. The van der Waals surface area contributed by atoms with Gasteiger partial charge in [0.05, 0.1) is 0 Å². The fraction of sp³-hybridized carbons (Fsp3) is 0.240.